The Bertz CT molecular complexity index is 2040. The van der Waals surface area contributed by atoms with Crippen molar-refractivity contribution < 1.29 is 29.4 Å². The largest absolute Gasteiger partial charge is 0.454 e. The van der Waals surface area contributed by atoms with Crippen LogP contribution in [-0.4, -0.2) is 66.6 Å². The van der Waals surface area contributed by atoms with Crippen LogP contribution in [0.2, 0.25) is 0 Å². The molecule has 0 radical (unpaired) electrons. The Morgan fingerprint density at radius 1 is 1.02 bits per heavy atom. The summed E-state index contributed by atoms with van der Waals surface area (Å²) in [5, 5.41) is 33.7. The second-order valence-electron chi connectivity index (χ2n) is 10.6. The summed E-state index contributed by atoms with van der Waals surface area (Å²) in [7, 11) is 4.61. The van der Waals surface area contributed by atoms with Gasteiger partial charge in [-0.05, 0) is 58.0 Å². The Morgan fingerprint density at radius 2 is 1.76 bits per heavy atom. The molecule has 0 saturated carbocycles. The average molecular weight is 664 g/mol. The highest BCUT2D eigenvalue weighted by Gasteiger charge is 2.21. The second-order valence-corrected chi connectivity index (χ2v) is 13.1. The van der Waals surface area contributed by atoms with E-state index in [1.54, 1.807) is 53.0 Å². The van der Waals surface area contributed by atoms with Crippen molar-refractivity contribution in [2.75, 3.05) is 26.1 Å². The predicted octanol–water partition coefficient (Wildman–Crippen LogP) is 4.40. The van der Waals surface area contributed by atoms with Crippen LogP contribution in [0.3, 0.4) is 0 Å². The van der Waals surface area contributed by atoms with E-state index in [0.29, 0.717) is 78.8 Å². The summed E-state index contributed by atoms with van der Waals surface area (Å²) >= 11 is 0. The first-order valence-electron chi connectivity index (χ1n) is 14.3. The highest BCUT2D eigenvalue weighted by Crippen LogP contribution is 2.39. The number of likely N-dealkylation sites (N-methyl/N-ethyl adjacent to an activating group) is 1. The van der Waals surface area contributed by atoms with Crippen molar-refractivity contribution in [1.29, 1.82) is 0 Å². The van der Waals surface area contributed by atoms with Crippen molar-refractivity contribution in [2.24, 2.45) is 0 Å². The fourth-order valence-electron chi connectivity index (χ4n) is 5.38. The zero-order chi connectivity index (χ0) is 32.4. The molecule has 0 atom stereocenters. The third-order valence-electron chi connectivity index (χ3n) is 7.83. The molecule has 5 aromatic rings. The summed E-state index contributed by atoms with van der Waals surface area (Å²) in [5.41, 5.74) is 1.86. The summed E-state index contributed by atoms with van der Waals surface area (Å²) in [6, 6.07) is 9.91. The Kier molecular flexibility index (Phi) is 9.26. The first-order valence-corrected chi connectivity index (χ1v) is 16.7. The van der Waals surface area contributed by atoms with Crippen LogP contribution in [0.4, 0.5) is 5.69 Å². The zero-order valence-corrected chi connectivity index (χ0v) is 26.3. The van der Waals surface area contributed by atoms with Gasteiger partial charge in [-0.15, -0.1) is 0 Å². The predicted molar refractivity (Wildman–Crippen MR) is 175 cm³/mol. The normalized spacial score (nSPS) is 12.3. The average Bonchev–Trinajstić information content (AvgIpc) is 3.53. The Hall–Kier alpha value is -4.44. The topological polar surface area (TPSA) is 170 Å². The van der Waals surface area contributed by atoms with Gasteiger partial charge in [-0.2, -0.15) is 0 Å². The van der Waals surface area contributed by atoms with Gasteiger partial charge in [0.1, 0.15) is 11.2 Å². The molecule has 0 spiro atoms. The van der Waals surface area contributed by atoms with Gasteiger partial charge < -0.3 is 29.2 Å². The van der Waals surface area contributed by atoms with Crippen LogP contribution in [0.15, 0.2) is 58.6 Å². The van der Waals surface area contributed by atoms with Gasteiger partial charge in [0.15, 0.2) is 11.5 Å². The Balaban J connectivity index is 1.22. The van der Waals surface area contributed by atoms with E-state index in [1.165, 1.54) is 33.9 Å². The SMILES string of the molecule is CN(CCn1c(=O)c2cc(CO)c(CO)cc2c2cnc3cc4c(cc3c21)OCO4)C(=O)CCCSSc1ccc([N+](=O)[O-])cn1. The number of ether oxygens (including phenoxy) is 2. The summed E-state index contributed by atoms with van der Waals surface area (Å²) in [5.74, 6) is 1.72. The minimum atomic E-state index is -0.495. The maximum Gasteiger partial charge on any atom is 0.287 e. The molecule has 1 aliphatic heterocycles. The fourth-order valence-corrected chi connectivity index (χ4v) is 7.33. The van der Waals surface area contributed by atoms with Gasteiger partial charge in [-0.25, -0.2) is 4.98 Å². The fraction of sp³-hybridized carbons (Fsp3) is 0.290. The number of aromatic nitrogens is 3. The number of nitrogens with zero attached hydrogens (tertiary/aromatic N) is 5. The number of pyridine rings is 3. The quantitative estimate of drug-likeness (QED) is 0.0635. The van der Waals surface area contributed by atoms with Crippen molar-refractivity contribution in [1.82, 2.24) is 19.4 Å². The molecule has 2 aromatic carbocycles. The lowest BCUT2D eigenvalue weighted by Crippen LogP contribution is -2.33. The lowest BCUT2D eigenvalue weighted by molar-refractivity contribution is -0.385. The monoisotopic (exact) mass is 663 g/mol. The van der Waals surface area contributed by atoms with Crippen molar-refractivity contribution in [3.8, 4) is 11.5 Å². The van der Waals surface area contributed by atoms with Crippen LogP contribution >= 0.6 is 21.6 Å². The number of hydrogen-bond donors (Lipinski definition) is 2. The number of fused-ring (bicyclic) bond motifs is 6. The number of aliphatic hydroxyl groups is 2. The molecule has 0 aliphatic carbocycles. The second kappa shape index (κ2) is 13.5. The summed E-state index contributed by atoms with van der Waals surface area (Å²) in [6.45, 7) is -0.0753. The third kappa shape index (κ3) is 6.18. The van der Waals surface area contributed by atoms with Gasteiger partial charge in [0.25, 0.3) is 11.2 Å². The standard InChI is InChI=1S/C31H29N5O8S2/c1-34(29(39)3-2-8-45-46-28-5-4-20(13-33-28)36(41)42)6-7-35-30-23-11-26-27(44-17-43-26)12-25(23)32-14-24(30)21-9-18(15-37)19(16-38)10-22(21)31(35)40/h4-5,9-14,37-38H,2-3,6-8,15-17H2,1H3. The highest BCUT2D eigenvalue weighted by molar-refractivity contribution is 8.76. The van der Waals surface area contributed by atoms with Crippen LogP contribution < -0.4 is 15.0 Å². The first-order chi connectivity index (χ1) is 22.3. The number of nitro groups is 1. The molecule has 6 rings (SSSR count). The van der Waals surface area contributed by atoms with Crippen LogP contribution in [0, 0.1) is 10.1 Å². The number of carbonyl (C=O) groups is 1. The Labute approximate surface area is 269 Å². The van der Waals surface area contributed by atoms with Crippen molar-refractivity contribution >= 4 is 65.8 Å². The van der Waals surface area contributed by atoms with Gasteiger partial charge in [0.05, 0.1) is 29.2 Å². The first kappa shape index (κ1) is 31.5. The molecule has 1 amide bonds. The zero-order valence-electron chi connectivity index (χ0n) is 24.7. The maximum atomic E-state index is 14.1. The van der Waals surface area contributed by atoms with Crippen LogP contribution in [-0.2, 0) is 24.6 Å². The number of rotatable bonds is 12. The third-order valence-corrected chi connectivity index (χ3v) is 10.2. The molecule has 0 unspecified atom stereocenters. The van der Waals surface area contributed by atoms with E-state index in [4.69, 9.17) is 9.47 Å². The molecular formula is C31H29N5O8S2. The molecule has 1 aliphatic rings. The van der Waals surface area contributed by atoms with Gasteiger partial charge in [0, 0.05) is 66.8 Å². The number of carbonyl (C=O) groups excluding carboxylic acids is 1. The van der Waals surface area contributed by atoms with E-state index in [-0.39, 0.29) is 50.3 Å². The molecule has 0 saturated heterocycles. The van der Waals surface area contributed by atoms with E-state index in [1.807, 2.05) is 0 Å². The maximum absolute atomic E-state index is 14.1. The molecule has 13 nitrogen and oxygen atoms in total. The molecule has 15 heteroatoms. The number of hydrogen-bond acceptors (Lipinski definition) is 12. The lowest BCUT2D eigenvalue weighted by atomic mass is 9.98. The molecule has 4 heterocycles. The molecule has 0 fully saturated rings. The van der Waals surface area contributed by atoms with Crippen molar-refractivity contribution in [3.63, 3.8) is 0 Å². The van der Waals surface area contributed by atoms with E-state index in [2.05, 4.69) is 9.97 Å². The van der Waals surface area contributed by atoms with Crippen LogP contribution in [0.5, 0.6) is 11.5 Å². The van der Waals surface area contributed by atoms with E-state index in [0.717, 1.165) is 0 Å². The number of amides is 1. The van der Waals surface area contributed by atoms with Gasteiger partial charge in [0.2, 0.25) is 12.7 Å². The number of aliphatic hydroxyl groups excluding tert-OH is 2. The van der Waals surface area contributed by atoms with Gasteiger partial charge in [-0.1, -0.05) is 10.8 Å². The minimum absolute atomic E-state index is 0.0651. The van der Waals surface area contributed by atoms with Crippen LogP contribution in [0.1, 0.15) is 24.0 Å². The molecule has 0 bridgehead atoms. The van der Waals surface area contributed by atoms with E-state index < -0.39 is 4.92 Å². The summed E-state index contributed by atoms with van der Waals surface area (Å²) in [4.78, 5) is 47.7. The van der Waals surface area contributed by atoms with Crippen molar-refractivity contribution in [2.45, 2.75) is 37.6 Å². The molecule has 46 heavy (non-hydrogen) atoms. The minimum Gasteiger partial charge on any atom is -0.454 e. The number of benzene rings is 2. The van der Waals surface area contributed by atoms with Gasteiger partial charge in [-0.3, -0.25) is 24.7 Å². The molecular weight excluding hydrogens is 635 g/mol. The molecule has 238 valence electrons. The summed E-state index contributed by atoms with van der Waals surface area (Å²) < 4.78 is 12.8. The van der Waals surface area contributed by atoms with Crippen molar-refractivity contribution in [3.05, 3.63) is 80.4 Å². The van der Waals surface area contributed by atoms with E-state index >= 15 is 0 Å². The molecule has 2 N–H and O–H groups in total. The van der Waals surface area contributed by atoms with Gasteiger partial charge >= 0.3 is 0 Å². The Morgan fingerprint density at radius 3 is 2.46 bits per heavy atom. The summed E-state index contributed by atoms with van der Waals surface area (Å²) in [6.07, 6.45) is 3.84. The molecule has 3 aromatic heterocycles. The highest BCUT2D eigenvalue weighted by atomic mass is 33.1. The smallest absolute Gasteiger partial charge is 0.287 e. The van der Waals surface area contributed by atoms with Crippen LogP contribution in [0.25, 0.3) is 32.6 Å². The lowest BCUT2D eigenvalue weighted by Gasteiger charge is -2.21. The van der Waals surface area contributed by atoms with E-state index in [9.17, 15) is 29.9 Å².